The van der Waals surface area contributed by atoms with Crippen molar-refractivity contribution in [1.82, 2.24) is 20.1 Å². The lowest BCUT2D eigenvalue weighted by Crippen LogP contribution is -2.29. The van der Waals surface area contributed by atoms with Crippen molar-refractivity contribution in [3.8, 4) is 22.8 Å². The van der Waals surface area contributed by atoms with Crippen LogP contribution in [0.25, 0.3) is 11.3 Å². The molecule has 1 atom stereocenters. The maximum absolute atomic E-state index is 13.4. The van der Waals surface area contributed by atoms with E-state index in [1.807, 2.05) is 48.5 Å². The number of phenols is 1. The van der Waals surface area contributed by atoms with E-state index in [-0.39, 0.29) is 11.7 Å². The molecule has 3 heterocycles. The molecular formula is C24H20N4O3. The van der Waals surface area contributed by atoms with Gasteiger partial charge in [-0.15, -0.1) is 0 Å². The minimum atomic E-state index is -0.409. The lowest BCUT2D eigenvalue weighted by molar-refractivity contribution is 0.0727. The number of aromatic amines is 1. The van der Waals surface area contributed by atoms with E-state index < -0.39 is 6.04 Å². The third-order valence-corrected chi connectivity index (χ3v) is 5.49. The van der Waals surface area contributed by atoms with Gasteiger partial charge in [-0.05, 0) is 29.8 Å². The largest absolute Gasteiger partial charge is 0.504 e. The van der Waals surface area contributed by atoms with Crippen LogP contribution in [0.1, 0.15) is 33.4 Å². The summed E-state index contributed by atoms with van der Waals surface area (Å²) in [5.41, 5.74) is 4.52. The predicted octanol–water partition coefficient (Wildman–Crippen LogP) is 3.93. The van der Waals surface area contributed by atoms with Gasteiger partial charge in [0.2, 0.25) is 0 Å². The maximum atomic E-state index is 13.4. The number of fused-ring (bicyclic) bond motifs is 1. The van der Waals surface area contributed by atoms with E-state index in [0.29, 0.717) is 18.0 Å². The van der Waals surface area contributed by atoms with Gasteiger partial charge < -0.3 is 14.7 Å². The van der Waals surface area contributed by atoms with Crippen LogP contribution < -0.4 is 4.74 Å². The molecule has 0 aliphatic carbocycles. The molecule has 1 amide bonds. The van der Waals surface area contributed by atoms with Crippen molar-refractivity contribution in [3.05, 3.63) is 95.4 Å². The first-order valence-corrected chi connectivity index (χ1v) is 9.89. The van der Waals surface area contributed by atoms with E-state index in [4.69, 9.17) is 4.74 Å². The van der Waals surface area contributed by atoms with Gasteiger partial charge in [0.1, 0.15) is 5.69 Å². The third-order valence-electron chi connectivity index (χ3n) is 5.49. The fourth-order valence-electron chi connectivity index (χ4n) is 4.05. The number of carbonyl (C=O) groups excluding carboxylic acids is 1. The summed E-state index contributed by atoms with van der Waals surface area (Å²) in [4.78, 5) is 19.6. The first kappa shape index (κ1) is 18.9. The van der Waals surface area contributed by atoms with Crippen LogP contribution >= 0.6 is 0 Å². The van der Waals surface area contributed by atoms with Crippen molar-refractivity contribution < 1.29 is 14.6 Å². The first-order valence-electron chi connectivity index (χ1n) is 9.89. The number of benzene rings is 2. The van der Waals surface area contributed by atoms with Crippen LogP contribution in [0.3, 0.4) is 0 Å². The normalized spacial score (nSPS) is 15.2. The maximum Gasteiger partial charge on any atom is 0.273 e. The molecule has 2 aromatic heterocycles. The van der Waals surface area contributed by atoms with E-state index in [9.17, 15) is 9.90 Å². The zero-order chi connectivity index (χ0) is 21.4. The first-order chi connectivity index (χ1) is 15.2. The molecule has 4 aromatic rings. The second kappa shape index (κ2) is 7.60. The molecule has 154 valence electrons. The molecule has 2 N–H and O–H groups in total. The summed E-state index contributed by atoms with van der Waals surface area (Å²) < 4.78 is 5.32. The van der Waals surface area contributed by atoms with Crippen LogP contribution in [0.15, 0.2) is 72.9 Å². The Balaban J connectivity index is 1.67. The zero-order valence-electron chi connectivity index (χ0n) is 16.8. The Kier molecular flexibility index (Phi) is 4.63. The summed E-state index contributed by atoms with van der Waals surface area (Å²) >= 11 is 0. The van der Waals surface area contributed by atoms with Crippen molar-refractivity contribution in [2.24, 2.45) is 0 Å². The number of rotatable bonds is 5. The average molecular weight is 412 g/mol. The lowest BCUT2D eigenvalue weighted by Gasteiger charge is -2.26. The molecule has 1 unspecified atom stereocenters. The van der Waals surface area contributed by atoms with Gasteiger partial charge in [0, 0.05) is 17.3 Å². The summed E-state index contributed by atoms with van der Waals surface area (Å²) in [7, 11) is 1.50. The number of nitrogens with zero attached hydrogens (tertiary/aromatic N) is 3. The SMILES string of the molecule is COc1cc(C2c3c(-c4ccccc4)n[nH]c3C(=O)N2Cc2ccccn2)ccc1O. The Labute approximate surface area is 179 Å². The minimum absolute atomic E-state index is 0.0440. The molecule has 0 saturated carbocycles. The molecule has 1 aliphatic rings. The molecule has 5 rings (SSSR count). The van der Waals surface area contributed by atoms with Gasteiger partial charge in [0.05, 0.1) is 31.1 Å². The number of ether oxygens (including phenoxy) is 1. The minimum Gasteiger partial charge on any atom is -0.504 e. The molecule has 1 aliphatic heterocycles. The van der Waals surface area contributed by atoms with Gasteiger partial charge in [-0.3, -0.25) is 14.9 Å². The van der Waals surface area contributed by atoms with Crippen LogP contribution in [0.5, 0.6) is 11.5 Å². The van der Waals surface area contributed by atoms with Crippen molar-refractivity contribution >= 4 is 5.91 Å². The number of phenolic OH excluding ortho intramolecular Hbond substituents is 1. The highest BCUT2D eigenvalue weighted by Crippen LogP contribution is 2.44. The number of H-pyrrole nitrogens is 1. The molecule has 0 fully saturated rings. The number of nitrogens with one attached hydrogen (secondary N) is 1. The van der Waals surface area contributed by atoms with Crippen LogP contribution in [0, 0.1) is 0 Å². The fraction of sp³-hybridized carbons (Fsp3) is 0.125. The van der Waals surface area contributed by atoms with E-state index in [2.05, 4.69) is 15.2 Å². The van der Waals surface area contributed by atoms with Gasteiger partial charge >= 0.3 is 0 Å². The topological polar surface area (TPSA) is 91.3 Å². The molecule has 7 heteroatoms. The molecular weight excluding hydrogens is 392 g/mol. The highest BCUT2D eigenvalue weighted by atomic mass is 16.5. The number of methoxy groups -OCH3 is 1. The van der Waals surface area contributed by atoms with Crippen LogP contribution in [0.2, 0.25) is 0 Å². The summed E-state index contributed by atoms with van der Waals surface area (Å²) in [6, 6.07) is 20.1. The highest BCUT2D eigenvalue weighted by molar-refractivity contribution is 6.00. The van der Waals surface area contributed by atoms with Gasteiger partial charge in [-0.2, -0.15) is 5.10 Å². The number of aromatic nitrogens is 3. The van der Waals surface area contributed by atoms with Crippen molar-refractivity contribution in [2.75, 3.05) is 7.11 Å². The Bertz CT molecular complexity index is 1240. The Morgan fingerprint density at radius 2 is 1.90 bits per heavy atom. The monoisotopic (exact) mass is 412 g/mol. The quantitative estimate of drug-likeness (QED) is 0.518. The van der Waals surface area contributed by atoms with Crippen LogP contribution in [-0.4, -0.2) is 38.2 Å². The van der Waals surface area contributed by atoms with Crippen molar-refractivity contribution in [2.45, 2.75) is 12.6 Å². The summed E-state index contributed by atoms with van der Waals surface area (Å²) in [5.74, 6) is 0.246. The Morgan fingerprint density at radius 3 is 2.65 bits per heavy atom. The number of amides is 1. The highest BCUT2D eigenvalue weighted by Gasteiger charge is 2.42. The lowest BCUT2D eigenvalue weighted by atomic mass is 9.95. The number of hydrogen-bond donors (Lipinski definition) is 2. The van der Waals surface area contributed by atoms with Gasteiger partial charge in [-0.25, -0.2) is 0 Å². The molecule has 0 radical (unpaired) electrons. The molecule has 0 saturated heterocycles. The predicted molar refractivity (Wildman–Crippen MR) is 115 cm³/mol. The third kappa shape index (κ3) is 3.20. The second-order valence-electron chi connectivity index (χ2n) is 7.31. The number of aromatic hydroxyl groups is 1. The molecule has 0 bridgehead atoms. The second-order valence-corrected chi connectivity index (χ2v) is 7.31. The van der Waals surface area contributed by atoms with Crippen molar-refractivity contribution in [3.63, 3.8) is 0 Å². The zero-order valence-corrected chi connectivity index (χ0v) is 16.8. The van der Waals surface area contributed by atoms with E-state index in [1.165, 1.54) is 7.11 Å². The summed E-state index contributed by atoms with van der Waals surface area (Å²) in [5, 5.41) is 17.5. The number of hydrogen-bond acceptors (Lipinski definition) is 5. The van der Waals surface area contributed by atoms with Gasteiger partial charge in [0.15, 0.2) is 11.5 Å². The van der Waals surface area contributed by atoms with E-state index >= 15 is 0 Å². The average Bonchev–Trinajstić information content (AvgIpc) is 3.35. The summed E-state index contributed by atoms with van der Waals surface area (Å²) in [6.07, 6.45) is 1.71. The summed E-state index contributed by atoms with van der Waals surface area (Å²) in [6.45, 7) is 0.338. The van der Waals surface area contributed by atoms with Gasteiger partial charge in [-0.1, -0.05) is 42.5 Å². The molecule has 0 spiro atoms. The van der Waals surface area contributed by atoms with E-state index in [0.717, 1.165) is 28.1 Å². The smallest absolute Gasteiger partial charge is 0.273 e. The van der Waals surface area contributed by atoms with Crippen LogP contribution in [0.4, 0.5) is 0 Å². The van der Waals surface area contributed by atoms with Gasteiger partial charge in [0.25, 0.3) is 5.91 Å². The standard InChI is InChI=1S/C24H20N4O3/c1-31-19-13-16(10-11-18(19)29)23-20-21(15-7-3-2-4-8-15)26-27-22(20)24(30)28(23)14-17-9-5-6-12-25-17/h2-13,23,29H,14H2,1H3,(H,26,27). The van der Waals surface area contributed by atoms with Crippen molar-refractivity contribution in [1.29, 1.82) is 0 Å². The molecule has 7 nitrogen and oxygen atoms in total. The number of pyridine rings is 1. The van der Waals surface area contributed by atoms with E-state index in [1.54, 1.807) is 29.3 Å². The molecule has 31 heavy (non-hydrogen) atoms. The Morgan fingerprint density at radius 1 is 1.10 bits per heavy atom. The molecule has 2 aromatic carbocycles. The number of carbonyl (C=O) groups is 1. The van der Waals surface area contributed by atoms with Crippen LogP contribution in [-0.2, 0) is 6.54 Å². The Hall–Kier alpha value is -4.13. The fourth-order valence-corrected chi connectivity index (χ4v) is 4.05.